The Kier molecular flexibility index (Phi) is 9.22. The van der Waals surface area contributed by atoms with E-state index in [1.165, 1.54) is 38.5 Å². The number of carbonyl (C=O) groups excluding carboxylic acids is 2. The van der Waals surface area contributed by atoms with Crippen LogP contribution in [-0.2, 0) is 16.0 Å². The maximum Gasteiger partial charge on any atom is 0.232 e. The van der Waals surface area contributed by atoms with E-state index in [4.69, 9.17) is 5.73 Å². The Morgan fingerprint density at radius 2 is 1.71 bits per heavy atom. The van der Waals surface area contributed by atoms with Gasteiger partial charge >= 0.3 is 0 Å². The highest BCUT2D eigenvalue weighted by Crippen LogP contribution is 2.36. The summed E-state index contributed by atoms with van der Waals surface area (Å²) in [5, 5.41) is 3.27. The molecule has 3 N–H and O–H groups in total. The highest BCUT2D eigenvalue weighted by molar-refractivity contribution is 5.97. The van der Waals surface area contributed by atoms with Crippen LogP contribution in [0.15, 0.2) is 35.3 Å². The molecule has 1 aliphatic heterocycles. The van der Waals surface area contributed by atoms with Crippen LogP contribution in [0.4, 0.5) is 0 Å². The molecule has 2 amide bonds. The highest BCUT2D eigenvalue weighted by atomic mass is 16.2. The van der Waals surface area contributed by atoms with Gasteiger partial charge in [0, 0.05) is 25.6 Å². The van der Waals surface area contributed by atoms with Crippen LogP contribution in [-0.4, -0.2) is 42.3 Å². The van der Waals surface area contributed by atoms with Gasteiger partial charge in [0.25, 0.3) is 0 Å². The number of nitrogens with two attached hydrogens (primary N) is 1. The summed E-state index contributed by atoms with van der Waals surface area (Å²) in [5.41, 5.74) is 7.22. The first kappa shape index (κ1) is 25.7. The molecule has 1 aromatic rings. The van der Waals surface area contributed by atoms with Gasteiger partial charge in [0.1, 0.15) is 0 Å². The Morgan fingerprint density at radius 3 is 2.49 bits per heavy atom. The summed E-state index contributed by atoms with van der Waals surface area (Å²) in [4.78, 5) is 32.2. The lowest BCUT2D eigenvalue weighted by molar-refractivity contribution is -0.132. The minimum atomic E-state index is -0.00795. The van der Waals surface area contributed by atoms with Crippen LogP contribution in [0.5, 0.6) is 0 Å². The second-order valence-electron chi connectivity index (χ2n) is 11.3. The molecule has 6 heteroatoms. The standard InChI is InChI=1S/C29H44N4O2/c1-33-28(35)25(17-24(20-31-29(33)30)15-21-9-4-2-5-10-21)16-23-13-8-14-26(18-23)32-27(34)19-22-11-6-3-7-12-22/h3,6-7,11-12,21,23-26H,2,4-5,8-10,13-20H2,1H3,(H2,30,31)(H,32,34)/t23-,24?,25+,26-/m1/s1. The lowest BCUT2D eigenvalue weighted by Gasteiger charge is -2.35. The third kappa shape index (κ3) is 7.55. The molecule has 2 aliphatic carbocycles. The lowest BCUT2D eigenvalue weighted by Crippen LogP contribution is -2.45. The third-order valence-corrected chi connectivity index (χ3v) is 8.52. The summed E-state index contributed by atoms with van der Waals surface area (Å²) in [6.45, 7) is 0.735. The highest BCUT2D eigenvalue weighted by Gasteiger charge is 2.34. The largest absolute Gasteiger partial charge is 0.369 e. The van der Waals surface area contributed by atoms with Gasteiger partial charge in [-0.05, 0) is 55.4 Å². The van der Waals surface area contributed by atoms with E-state index in [0.717, 1.165) is 56.6 Å². The Hall–Kier alpha value is -2.37. The molecule has 192 valence electrons. The maximum absolute atomic E-state index is 13.4. The average Bonchev–Trinajstić information content (AvgIpc) is 2.86. The first-order chi connectivity index (χ1) is 17.0. The molecular formula is C29H44N4O2. The van der Waals surface area contributed by atoms with Gasteiger partial charge in [-0.25, -0.2) is 0 Å². The predicted molar refractivity (Wildman–Crippen MR) is 141 cm³/mol. The fraction of sp³-hybridized carbons (Fsp3) is 0.690. The molecule has 0 bridgehead atoms. The van der Waals surface area contributed by atoms with Gasteiger partial charge in [-0.1, -0.05) is 75.3 Å². The summed E-state index contributed by atoms with van der Waals surface area (Å²) in [6, 6.07) is 10.1. The van der Waals surface area contributed by atoms with Crippen molar-refractivity contribution < 1.29 is 9.59 Å². The molecule has 1 unspecified atom stereocenters. The average molecular weight is 481 g/mol. The third-order valence-electron chi connectivity index (χ3n) is 8.52. The fourth-order valence-corrected chi connectivity index (χ4v) is 6.65. The van der Waals surface area contributed by atoms with E-state index in [0.29, 0.717) is 24.2 Å². The van der Waals surface area contributed by atoms with E-state index >= 15 is 0 Å². The van der Waals surface area contributed by atoms with Gasteiger partial charge < -0.3 is 11.1 Å². The Bertz CT molecular complexity index is 865. The zero-order chi connectivity index (χ0) is 24.6. The van der Waals surface area contributed by atoms with Crippen molar-refractivity contribution in [1.29, 1.82) is 0 Å². The second kappa shape index (κ2) is 12.5. The molecule has 35 heavy (non-hydrogen) atoms. The van der Waals surface area contributed by atoms with E-state index in [9.17, 15) is 9.59 Å². The van der Waals surface area contributed by atoms with Crippen LogP contribution >= 0.6 is 0 Å². The second-order valence-corrected chi connectivity index (χ2v) is 11.3. The predicted octanol–water partition coefficient (Wildman–Crippen LogP) is 4.67. The van der Waals surface area contributed by atoms with Gasteiger partial charge in [0.05, 0.1) is 6.42 Å². The fourth-order valence-electron chi connectivity index (χ4n) is 6.65. The first-order valence-corrected chi connectivity index (χ1v) is 13.9. The number of benzene rings is 1. The van der Waals surface area contributed by atoms with Crippen molar-refractivity contribution in [1.82, 2.24) is 10.2 Å². The number of hydrogen-bond donors (Lipinski definition) is 2. The molecule has 2 saturated carbocycles. The Balaban J connectivity index is 1.35. The summed E-state index contributed by atoms with van der Waals surface area (Å²) in [6.07, 6.45) is 14.3. The van der Waals surface area contributed by atoms with Crippen LogP contribution in [0.1, 0.15) is 82.6 Å². The summed E-state index contributed by atoms with van der Waals surface area (Å²) >= 11 is 0. The smallest absolute Gasteiger partial charge is 0.232 e. The zero-order valence-corrected chi connectivity index (χ0v) is 21.5. The minimum Gasteiger partial charge on any atom is -0.369 e. The molecule has 1 aromatic carbocycles. The van der Waals surface area contributed by atoms with Crippen molar-refractivity contribution in [2.45, 2.75) is 89.5 Å². The van der Waals surface area contributed by atoms with Gasteiger partial charge in [-0.2, -0.15) is 0 Å². The topological polar surface area (TPSA) is 87.8 Å². The van der Waals surface area contributed by atoms with Gasteiger partial charge in [-0.15, -0.1) is 0 Å². The molecule has 6 nitrogen and oxygen atoms in total. The summed E-state index contributed by atoms with van der Waals surface area (Å²) in [7, 11) is 1.77. The first-order valence-electron chi connectivity index (χ1n) is 13.9. The number of rotatable bonds is 7. The minimum absolute atomic E-state index is 0.00795. The number of nitrogens with zero attached hydrogens (tertiary/aromatic N) is 2. The van der Waals surface area contributed by atoms with Crippen LogP contribution in [0.2, 0.25) is 0 Å². The monoisotopic (exact) mass is 480 g/mol. The van der Waals surface area contributed by atoms with Gasteiger partial charge in [0.15, 0.2) is 5.96 Å². The van der Waals surface area contributed by atoms with Crippen LogP contribution in [0.25, 0.3) is 0 Å². The molecule has 0 aromatic heterocycles. The Morgan fingerprint density at radius 1 is 0.971 bits per heavy atom. The van der Waals surface area contributed by atoms with Crippen molar-refractivity contribution >= 4 is 17.8 Å². The zero-order valence-electron chi connectivity index (χ0n) is 21.5. The number of carbonyl (C=O) groups is 2. The molecule has 0 spiro atoms. The molecule has 0 radical (unpaired) electrons. The molecular weight excluding hydrogens is 436 g/mol. The van der Waals surface area contributed by atoms with E-state index in [1.54, 1.807) is 11.9 Å². The van der Waals surface area contributed by atoms with E-state index in [1.807, 2.05) is 30.3 Å². The molecule has 2 fully saturated rings. The lowest BCUT2D eigenvalue weighted by atomic mass is 9.75. The number of nitrogens with one attached hydrogen (secondary N) is 1. The summed E-state index contributed by atoms with van der Waals surface area (Å²) in [5.74, 6) is 2.24. The van der Waals surface area contributed by atoms with E-state index in [2.05, 4.69) is 10.3 Å². The molecule has 4 atom stereocenters. The molecule has 1 heterocycles. The van der Waals surface area contributed by atoms with Crippen molar-refractivity contribution in [2.75, 3.05) is 13.6 Å². The van der Waals surface area contributed by atoms with Crippen molar-refractivity contribution in [2.24, 2.45) is 34.4 Å². The maximum atomic E-state index is 13.4. The number of amides is 2. The number of hydrogen-bond acceptors (Lipinski definition) is 4. The van der Waals surface area contributed by atoms with E-state index in [-0.39, 0.29) is 23.8 Å². The van der Waals surface area contributed by atoms with Gasteiger partial charge in [-0.3, -0.25) is 19.5 Å². The van der Waals surface area contributed by atoms with Crippen molar-refractivity contribution in [3.8, 4) is 0 Å². The molecule has 3 aliphatic rings. The van der Waals surface area contributed by atoms with Crippen molar-refractivity contribution in [3.05, 3.63) is 35.9 Å². The number of guanidine groups is 1. The van der Waals surface area contributed by atoms with Crippen LogP contribution in [0.3, 0.4) is 0 Å². The summed E-state index contributed by atoms with van der Waals surface area (Å²) < 4.78 is 0. The quantitative estimate of drug-likeness (QED) is 0.594. The number of aliphatic imine (C=N–C) groups is 1. The van der Waals surface area contributed by atoms with Crippen LogP contribution < -0.4 is 11.1 Å². The van der Waals surface area contributed by atoms with Gasteiger partial charge in [0.2, 0.25) is 11.8 Å². The van der Waals surface area contributed by atoms with E-state index < -0.39 is 0 Å². The van der Waals surface area contributed by atoms with Crippen LogP contribution in [0, 0.1) is 23.7 Å². The molecule has 4 rings (SSSR count). The van der Waals surface area contributed by atoms with Crippen molar-refractivity contribution in [3.63, 3.8) is 0 Å². The Labute approximate surface area is 211 Å². The molecule has 0 saturated heterocycles. The normalized spacial score (nSPS) is 28.7. The SMILES string of the molecule is CN1C(=O)[C@@H](C[C@H]2CCC[C@@H](NC(=O)Cc3ccccc3)C2)CC(CC2CCCCC2)CN=C1N.